The third-order valence-electron chi connectivity index (χ3n) is 6.00. The van der Waals surface area contributed by atoms with Crippen LogP contribution >= 0.6 is 11.6 Å². The van der Waals surface area contributed by atoms with Gasteiger partial charge >= 0.3 is 0 Å². The molecule has 1 heterocycles. The summed E-state index contributed by atoms with van der Waals surface area (Å²) in [7, 11) is 0. The van der Waals surface area contributed by atoms with Crippen LogP contribution < -0.4 is 10.2 Å². The second-order valence-electron chi connectivity index (χ2n) is 8.11. The van der Waals surface area contributed by atoms with Crippen LogP contribution in [0.25, 0.3) is 0 Å². The Morgan fingerprint density at radius 3 is 2.62 bits per heavy atom. The predicted octanol–water partition coefficient (Wildman–Crippen LogP) is 4.83. The Hall–Kier alpha value is -2.66. The molecule has 1 saturated heterocycles. The molecule has 1 aliphatic heterocycles. The summed E-state index contributed by atoms with van der Waals surface area (Å²) in [5.41, 5.74) is 2.35. The number of fused-ring (bicyclic) bond motifs is 1. The topological polar surface area (TPSA) is 66.5 Å². The van der Waals surface area contributed by atoms with Crippen LogP contribution in [-0.2, 0) is 9.59 Å². The van der Waals surface area contributed by atoms with Gasteiger partial charge < -0.3 is 5.32 Å². The van der Waals surface area contributed by atoms with Gasteiger partial charge in [0.2, 0.25) is 11.8 Å². The molecule has 1 aliphatic carbocycles. The van der Waals surface area contributed by atoms with E-state index in [0.717, 1.165) is 24.8 Å². The summed E-state index contributed by atoms with van der Waals surface area (Å²) in [5.74, 6) is -0.624. The lowest BCUT2D eigenvalue weighted by Gasteiger charge is -2.25. The van der Waals surface area contributed by atoms with Crippen molar-refractivity contribution >= 4 is 40.7 Å². The number of rotatable bonds is 3. The number of nitrogens with zero attached hydrogens (tertiary/aromatic N) is 1. The van der Waals surface area contributed by atoms with Crippen molar-refractivity contribution in [1.82, 2.24) is 0 Å². The minimum Gasteiger partial charge on any atom is -0.322 e. The van der Waals surface area contributed by atoms with E-state index in [1.165, 1.54) is 4.90 Å². The van der Waals surface area contributed by atoms with Crippen molar-refractivity contribution in [2.75, 3.05) is 10.2 Å². The lowest BCUT2D eigenvalue weighted by molar-refractivity contribution is -0.122. The lowest BCUT2D eigenvalue weighted by Crippen LogP contribution is -2.31. The van der Waals surface area contributed by atoms with E-state index in [-0.39, 0.29) is 29.6 Å². The highest BCUT2D eigenvalue weighted by molar-refractivity contribution is 6.31. The number of amides is 3. The summed E-state index contributed by atoms with van der Waals surface area (Å²) >= 11 is 6.03. The van der Waals surface area contributed by atoms with Crippen LogP contribution in [0.5, 0.6) is 0 Å². The first-order chi connectivity index (χ1) is 13.8. The Morgan fingerprint density at radius 2 is 1.83 bits per heavy atom. The number of carbonyl (C=O) groups excluding carboxylic acids is 3. The summed E-state index contributed by atoms with van der Waals surface area (Å²) < 4.78 is 0. The second-order valence-corrected chi connectivity index (χ2v) is 8.54. The van der Waals surface area contributed by atoms with E-state index >= 15 is 0 Å². The van der Waals surface area contributed by atoms with Crippen LogP contribution in [0, 0.1) is 24.7 Å². The monoisotopic (exact) mass is 410 g/mol. The Labute approximate surface area is 175 Å². The summed E-state index contributed by atoms with van der Waals surface area (Å²) in [6.07, 6.45) is 2.47. The second kappa shape index (κ2) is 7.64. The number of nitrogens with one attached hydrogen (secondary N) is 1. The first-order valence-corrected chi connectivity index (χ1v) is 10.3. The molecular weight excluding hydrogens is 388 g/mol. The molecule has 0 spiro atoms. The van der Waals surface area contributed by atoms with E-state index in [2.05, 4.69) is 12.2 Å². The fraction of sp³-hybridized carbons (Fsp3) is 0.348. The van der Waals surface area contributed by atoms with E-state index in [9.17, 15) is 14.4 Å². The van der Waals surface area contributed by atoms with Crippen LogP contribution in [0.4, 0.5) is 11.4 Å². The van der Waals surface area contributed by atoms with Gasteiger partial charge in [-0.3, -0.25) is 19.3 Å². The Morgan fingerprint density at radius 1 is 1.07 bits per heavy atom. The summed E-state index contributed by atoms with van der Waals surface area (Å²) in [4.78, 5) is 39.9. The molecule has 3 amide bonds. The van der Waals surface area contributed by atoms with Gasteiger partial charge in [-0.25, -0.2) is 0 Å². The first-order valence-electron chi connectivity index (χ1n) is 9.90. The molecule has 1 N–H and O–H groups in total. The van der Waals surface area contributed by atoms with Gasteiger partial charge in [0.1, 0.15) is 0 Å². The lowest BCUT2D eigenvalue weighted by atomic mass is 9.76. The molecule has 2 aliphatic rings. The van der Waals surface area contributed by atoms with Gasteiger partial charge in [0.25, 0.3) is 5.91 Å². The van der Waals surface area contributed by atoms with Gasteiger partial charge in [-0.2, -0.15) is 0 Å². The zero-order valence-electron chi connectivity index (χ0n) is 16.4. The average molecular weight is 411 g/mol. The number of halogens is 1. The normalized spacial score (nSPS) is 23.8. The SMILES string of the molecule is Cc1ccc(Cl)cc1NC(=O)c1cccc(N2C(=O)[C@H]3C[C@@H](C)CC[C@H]3C2=O)c1. The fourth-order valence-corrected chi connectivity index (χ4v) is 4.53. The summed E-state index contributed by atoms with van der Waals surface area (Å²) in [6, 6.07) is 12.0. The maximum absolute atomic E-state index is 12.9. The van der Waals surface area contributed by atoms with Gasteiger partial charge in [0.15, 0.2) is 0 Å². The van der Waals surface area contributed by atoms with Gasteiger partial charge in [-0.15, -0.1) is 0 Å². The number of hydrogen-bond donors (Lipinski definition) is 1. The van der Waals surface area contributed by atoms with Crippen molar-refractivity contribution < 1.29 is 14.4 Å². The molecule has 4 rings (SSSR count). The molecule has 2 aromatic carbocycles. The molecular formula is C23H23ClN2O3. The van der Waals surface area contributed by atoms with Crippen LogP contribution in [0.1, 0.15) is 42.1 Å². The molecule has 2 aromatic rings. The number of hydrogen-bond acceptors (Lipinski definition) is 3. The van der Waals surface area contributed by atoms with E-state index in [4.69, 9.17) is 11.6 Å². The van der Waals surface area contributed by atoms with Gasteiger partial charge in [-0.1, -0.05) is 30.7 Å². The number of carbonyl (C=O) groups is 3. The summed E-state index contributed by atoms with van der Waals surface area (Å²) in [5, 5.41) is 3.38. The van der Waals surface area contributed by atoms with Gasteiger partial charge in [0.05, 0.1) is 17.5 Å². The van der Waals surface area contributed by atoms with Crippen molar-refractivity contribution in [3.63, 3.8) is 0 Å². The van der Waals surface area contributed by atoms with Crippen LogP contribution in [0.3, 0.4) is 0 Å². The van der Waals surface area contributed by atoms with E-state index in [0.29, 0.717) is 27.9 Å². The smallest absolute Gasteiger partial charge is 0.255 e. The Bertz CT molecular complexity index is 1000. The third kappa shape index (κ3) is 3.67. The van der Waals surface area contributed by atoms with Gasteiger partial charge in [-0.05, 0) is 68.0 Å². The zero-order chi connectivity index (χ0) is 20.7. The number of imide groups is 1. The largest absolute Gasteiger partial charge is 0.322 e. The zero-order valence-corrected chi connectivity index (χ0v) is 17.2. The predicted molar refractivity (Wildman–Crippen MR) is 113 cm³/mol. The molecule has 29 heavy (non-hydrogen) atoms. The molecule has 0 radical (unpaired) electrons. The highest BCUT2D eigenvalue weighted by Gasteiger charge is 2.50. The number of anilines is 2. The fourth-order valence-electron chi connectivity index (χ4n) is 4.35. The number of benzene rings is 2. The molecule has 150 valence electrons. The molecule has 5 nitrogen and oxygen atoms in total. The molecule has 0 bridgehead atoms. The van der Waals surface area contributed by atoms with Crippen molar-refractivity contribution in [3.05, 3.63) is 58.6 Å². The molecule has 2 fully saturated rings. The third-order valence-corrected chi connectivity index (χ3v) is 6.24. The molecule has 1 saturated carbocycles. The van der Waals surface area contributed by atoms with Crippen molar-refractivity contribution in [1.29, 1.82) is 0 Å². The standard InChI is InChI=1S/C23H23ClN2O3/c1-13-6-9-18-19(10-13)23(29)26(22(18)28)17-5-3-4-15(11-17)21(27)25-20-12-16(24)8-7-14(20)2/h3-5,7-8,11-13,18-19H,6,9-10H2,1-2H3,(H,25,27)/t13-,18+,19-/m0/s1. The highest BCUT2D eigenvalue weighted by atomic mass is 35.5. The Balaban J connectivity index is 1.59. The average Bonchev–Trinajstić information content (AvgIpc) is 2.94. The van der Waals surface area contributed by atoms with Crippen molar-refractivity contribution in [2.24, 2.45) is 17.8 Å². The molecule has 0 unspecified atom stereocenters. The minimum atomic E-state index is -0.317. The minimum absolute atomic E-state index is 0.143. The van der Waals surface area contributed by atoms with Crippen LogP contribution in [0.2, 0.25) is 5.02 Å². The quantitative estimate of drug-likeness (QED) is 0.737. The highest BCUT2D eigenvalue weighted by Crippen LogP contribution is 2.42. The molecule has 0 aromatic heterocycles. The van der Waals surface area contributed by atoms with Crippen LogP contribution in [-0.4, -0.2) is 17.7 Å². The van der Waals surface area contributed by atoms with E-state index in [1.807, 2.05) is 13.0 Å². The van der Waals surface area contributed by atoms with Crippen molar-refractivity contribution in [2.45, 2.75) is 33.1 Å². The summed E-state index contributed by atoms with van der Waals surface area (Å²) in [6.45, 7) is 4.01. The van der Waals surface area contributed by atoms with Crippen molar-refractivity contribution in [3.8, 4) is 0 Å². The number of aryl methyl sites for hydroxylation is 1. The van der Waals surface area contributed by atoms with E-state index < -0.39 is 0 Å². The maximum atomic E-state index is 12.9. The van der Waals surface area contributed by atoms with Gasteiger partial charge in [0, 0.05) is 16.3 Å². The molecule has 6 heteroatoms. The Kier molecular flexibility index (Phi) is 5.17. The van der Waals surface area contributed by atoms with Crippen LogP contribution in [0.15, 0.2) is 42.5 Å². The first kappa shape index (κ1) is 19.6. The maximum Gasteiger partial charge on any atom is 0.255 e. The van der Waals surface area contributed by atoms with E-state index in [1.54, 1.807) is 36.4 Å². The molecule has 3 atom stereocenters.